The second-order valence-corrected chi connectivity index (χ2v) is 4.20. The topological polar surface area (TPSA) is 49.3 Å². The summed E-state index contributed by atoms with van der Waals surface area (Å²) < 4.78 is 51.2. The van der Waals surface area contributed by atoms with Gasteiger partial charge >= 0.3 is 12.1 Å². The molecule has 1 fully saturated rings. The zero-order valence-electron chi connectivity index (χ0n) is 9.01. The van der Waals surface area contributed by atoms with Crippen LogP contribution in [0.4, 0.5) is 23.2 Å². The number of carboxylic acid groups (broad SMARTS) is 1. The largest absolute Gasteiger partial charge is 0.478 e. The van der Waals surface area contributed by atoms with E-state index in [-0.39, 0.29) is 18.5 Å². The van der Waals surface area contributed by atoms with Crippen LogP contribution in [0.2, 0.25) is 0 Å². The summed E-state index contributed by atoms with van der Waals surface area (Å²) in [6, 6.07) is 2.82. The molecule has 0 atom stereocenters. The minimum absolute atomic E-state index is 0.0706. The predicted octanol–water partition coefficient (Wildman–Crippen LogP) is 3.03. The molecule has 3 nitrogen and oxygen atoms in total. The highest BCUT2D eigenvalue weighted by Crippen LogP contribution is 2.51. The first-order valence-electron chi connectivity index (χ1n) is 5.13. The molecule has 0 aliphatic heterocycles. The lowest BCUT2D eigenvalue weighted by Gasteiger charge is -2.22. The monoisotopic (exact) mass is 263 g/mol. The van der Waals surface area contributed by atoms with Gasteiger partial charge in [0.05, 0.1) is 5.56 Å². The van der Waals surface area contributed by atoms with Gasteiger partial charge in [-0.25, -0.2) is 9.18 Å². The fraction of sp³-hybridized carbons (Fsp3) is 0.364. The number of anilines is 1. The second kappa shape index (κ2) is 3.86. The van der Waals surface area contributed by atoms with Crippen LogP contribution in [-0.2, 0) is 0 Å². The molecule has 0 heterocycles. The van der Waals surface area contributed by atoms with E-state index in [0.717, 1.165) is 18.2 Å². The highest BCUT2D eigenvalue weighted by atomic mass is 19.4. The molecule has 2 rings (SSSR count). The maximum absolute atomic E-state index is 13.3. The third kappa shape index (κ3) is 2.12. The molecule has 0 radical (unpaired) electrons. The maximum atomic E-state index is 13.3. The summed E-state index contributed by atoms with van der Waals surface area (Å²) in [4.78, 5) is 10.5. The Bertz CT molecular complexity index is 494. The van der Waals surface area contributed by atoms with Gasteiger partial charge in [-0.05, 0) is 31.0 Å². The lowest BCUT2D eigenvalue weighted by Crippen LogP contribution is -2.38. The first kappa shape index (κ1) is 12.7. The summed E-state index contributed by atoms with van der Waals surface area (Å²) in [6.07, 6.45) is -4.55. The Morgan fingerprint density at radius 3 is 2.33 bits per heavy atom. The zero-order valence-corrected chi connectivity index (χ0v) is 9.01. The first-order chi connectivity index (χ1) is 8.25. The quantitative estimate of drug-likeness (QED) is 0.824. The average Bonchev–Trinajstić information content (AvgIpc) is 2.97. The molecule has 1 aromatic carbocycles. The van der Waals surface area contributed by atoms with Gasteiger partial charge in [0.2, 0.25) is 0 Å². The minimum atomic E-state index is -4.41. The van der Waals surface area contributed by atoms with Crippen molar-refractivity contribution in [2.24, 2.45) is 0 Å². The smallest absolute Gasteiger partial charge is 0.411 e. The number of halogens is 4. The summed E-state index contributed by atoms with van der Waals surface area (Å²) in [5, 5.41) is 10.8. The van der Waals surface area contributed by atoms with E-state index in [2.05, 4.69) is 5.32 Å². The van der Waals surface area contributed by atoms with Gasteiger partial charge in [-0.15, -0.1) is 0 Å². The van der Waals surface area contributed by atoms with Crippen molar-refractivity contribution in [2.75, 3.05) is 5.32 Å². The Kier molecular flexibility index (Phi) is 2.71. The molecule has 0 saturated heterocycles. The van der Waals surface area contributed by atoms with E-state index in [1.165, 1.54) is 0 Å². The Morgan fingerprint density at radius 2 is 1.94 bits per heavy atom. The van der Waals surface area contributed by atoms with Gasteiger partial charge in [0.1, 0.15) is 11.4 Å². The van der Waals surface area contributed by atoms with Crippen LogP contribution in [0.5, 0.6) is 0 Å². The number of rotatable bonds is 3. The standard InChI is InChI=1S/C11H9F4NO2/c12-8-5-6(1-2-7(8)9(17)18)16-10(3-4-10)11(13,14)15/h1-2,5,16H,3-4H2,(H,17,18). The highest BCUT2D eigenvalue weighted by Gasteiger charge is 2.63. The van der Waals surface area contributed by atoms with Gasteiger partial charge in [-0.3, -0.25) is 0 Å². The van der Waals surface area contributed by atoms with Crippen LogP contribution in [0, 0.1) is 5.82 Å². The summed E-state index contributed by atoms with van der Waals surface area (Å²) in [5.41, 5.74) is -2.64. The van der Waals surface area contributed by atoms with Crippen molar-refractivity contribution in [3.05, 3.63) is 29.6 Å². The fourth-order valence-corrected chi connectivity index (χ4v) is 1.65. The van der Waals surface area contributed by atoms with Gasteiger partial charge < -0.3 is 10.4 Å². The van der Waals surface area contributed by atoms with Crippen LogP contribution in [0.1, 0.15) is 23.2 Å². The van der Waals surface area contributed by atoms with Gasteiger partial charge in [0.25, 0.3) is 0 Å². The van der Waals surface area contributed by atoms with Gasteiger partial charge in [-0.1, -0.05) is 0 Å². The molecule has 18 heavy (non-hydrogen) atoms. The highest BCUT2D eigenvalue weighted by molar-refractivity contribution is 5.88. The number of aromatic carboxylic acids is 1. The molecule has 0 amide bonds. The number of carboxylic acids is 1. The van der Waals surface area contributed by atoms with Crippen molar-refractivity contribution in [3.8, 4) is 0 Å². The fourth-order valence-electron chi connectivity index (χ4n) is 1.65. The SMILES string of the molecule is O=C(O)c1ccc(NC2(C(F)(F)F)CC2)cc1F. The molecule has 98 valence electrons. The van der Waals surface area contributed by atoms with Crippen LogP contribution in [-0.4, -0.2) is 22.8 Å². The molecule has 7 heteroatoms. The number of hydrogen-bond donors (Lipinski definition) is 2. The van der Waals surface area contributed by atoms with E-state index in [0.29, 0.717) is 0 Å². The molecule has 0 spiro atoms. The van der Waals surface area contributed by atoms with Crippen LogP contribution >= 0.6 is 0 Å². The van der Waals surface area contributed by atoms with Crippen molar-refractivity contribution in [2.45, 2.75) is 24.6 Å². The zero-order chi connectivity index (χ0) is 13.6. The molecule has 1 aliphatic rings. The Morgan fingerprint density at radius 1 is 1.33 bits per heavy atom. The molecule has 0 aromatic heterocycles. The second-order valence-electron chi connectivity index (χ2n) is 4.20. The number of hydrogen-bond acceptors (Lipinski definition) is 2. The van der Waals surface area contributed by atoms with E-state index < -0.39 is 29.1 Å². The maximum Gasteiger partial charge on any atom is 0.411 e. The van der Waals surface area contributed by atoms with Gasteiger partial charge in [-0.2, -0.15) is 13.2 Å². The number of alkyl halides is 3. The number of benzene rings is 1. The molecule has 1 aromatic rings. The Labute approximate surface area is 99.4 Å². The van der Waals surface area contributed by atoms with E-state index >= 15 is 0 Å². The molecular formula is C11H9F4NO2. The Hall–Kier alpha value is -1.79. The van der Waals surface area contributed by atoms with Gasteiger partial charge in [0, 0.05) is 5.69 Å². The molecule has 0 unspecified atom stereocenters. The normalized spacial score (nSPS) is 17.3. The molecule has 1 aliphatic carbocycles. The van der Waals surface area contributed by atoms with Gasteiger partial charge in [0.15, 0.2) is 0 Å². The molecule has 2 N–H and O–H groups in total. The van der Waals surface area contributed by atoms with Crippen molar-refractivity contribution in [1.82, 2.24) is 0 Å². The lowest BCUT2D eigenvalue weighted by molar-refractivity contribution is -0.151. The average molecular weight is 263 g/mol. The predicted molar refractivity (Wildman–Crippen MR) is 55.0 cm³/mol. The van der Waals surface area contributed by atoms with Crippen LogP contribution in [0.3, 0.4) is 0 Å². The van der Waals surface area contributed by atoms with Crippen LogP contribution < -0.4 is 5.32 Å². The van der Waals surface area contributed by atoms with E-state index in [1.807, 2.05) is 0 Å². The summed E-state index contributed by atoms with van der Waals surface area (Å²) in [7, 11) is 0. The van der Waals surface area contributed by atoms with Crippen molar-refractivity contribution in [3.63, 3.8) is 0 Å². The molecular weight excluding hydrogens is 254 g/mol. The summed E-state index contributed by atoms with van der Waals surface area (Å²) >= 11 is 0. The minimum Gasteiger partial charge on any atom is -0.478 e. The third-order valence-electron chi connectivity index (χ3n) is 2.88. The van der Waals surface area contributed by atoms with Crippen molar-refractivity contribution < 1.29 is 27.5 Å². The van der Waals surface area contributed by atoms with E-state index in [9.17, 15) is 22.4 Å². The van der Waals surface area contributed by atoms with Crippen LogP contribution in [0.25, 0.3) is 0 Å². The molecule has 1 saturated carbocycles. The number of carbonyl (C=O) groups is 1. The Balaban J connectivity index is 2.22. The third-order valence-corrected chi connectivity index (χ3v) is 2.88. The summed E-state index contributed by atoms with van der Waals surface area (Å²) in [5.74, 6) is -2.53. The lowest BCUT2D eigenvalue weighted by atomic mass is 10.1. The first-order valence-corrected chi connectivity index (χ1v) is 5.13. The summed E-state index contributed by atoms with van der Waals surface area (Å²) in [6.45, 7) is 0. The van der Waals surface area contributed by atoms with Crippen LogP contribution in [0.15, 0.2) is 18.2 Å². The van der Waals surface area contributed by atoms with Crippen molar-refractivity contribution in [1.29, 1.82) is 0 Å². The van der Waals surface area contributed by atoms with E-state index in [4.69, 9.17) is 5.11 Å². The molecule has 0 bridgehead atoms. The number of nitrogens with one attached hydrogen (secondary N) is 1. The van der Waals surface area contributed by atoms with E-state index in [1.54, 1.807) is 0 Å². The van der Waals surface area contributed by atoms with Crippen molar-refractivity contribution >= 4 is 11.7 Å².